The minimum absolute atomic E-state index is 0.0405. The molecule has 0 spiro atoms. The molecule has 0 aromatic heterocycles. The number of phenols is 1. The van der Waals surface area contributed by atoms with Crippen LogP contribution in [0.25, 0.3) is 0 Å². The van der Waals surface area contributed by atoms with Gasteiger partial charge in [0.2, 0.25) is 0 Å². The van der Waals surface area contributed by atoms with E-state index in [0.717, 1.165) is 5.56 Å². The summed E-state index contributed by atoms with van der Waals surface area (Å²) >= 11 is 0. The summed E-state index contributed by atoms with van der Waals surface area (Å²) in [4.78, 5) is 14.2. The zero-order valence-electron chi connectivity index (χ0n) is 13.5. The van der Waals surface area contributed by atoms with E-state index in [4.69, 9.17) is 4.74 Å². The number of nitrogens with one attached hydrogen (secondary N) is 1. The number of amides is 1. The summed E-state index contributed by atoms with van der Waals surface area (Å²) in [6.07, 6.45) is 1.69. The van der Waals surface area contributed by atoms with Crippen molar-refractivity contribution in [2.75, 3.05) is 18.4 Å². The van der Waals surface area contributed by atoms with E-state index in [0.29, 0.717) is 18.8 Å². The third-order valence-corrected chi connectivity index (χ3v) is 3.58. The van der Waals surface area contributed by atoms with Gasteiger partial charge in [0, 0.05) is 25.0 Å². The molecule has 1 amide bonds. The topological polar surface area (TPSA) is 85.6 Å². The van der Waals surface area contributed by atoms with Crippen LogP contribution in [0.5, 0.6) is 5.75 Å². The number of carbonyl (C=O) groups excluding carboxylic acids is 1. The lowest BCUT2D eigenvalue weighted by molar-refractivity contribution is -0.112. The lowest BCUT2D eigenvalue weighted by Gasteiger charge is -2.34. The van der Waals surface area contributed by atoms with E-state index in [1.807, 2.05) is 24.8 Å². The monoisotopic (exact) mass is 315 g/mol. The fourth-order valence-corrected chi connectivity index (χ4v) is 2.62. The molecule has 2 N–H and O–H groups in total. The highest BCUT2D eigenvalue weighted by Crippen LogP contribution is 2.21. The first kappa shape index (κ1) is 16.8. The van der Waals surface area contributed by atoms with Gasteiger partial charge in [0.1, 0.15) is 17.4 Å². The molecular formula is C17H21N3O3. The second-order valence-corrected chi connectivity index (χ2v) is 5.82. The molecular weight excluding hydrogens is 294 g/mol. The third kappa shape index (κ3) is 4.47. The number of ether oxygens (including phenoxy) is 1. The number of morpholine rings is 1. The Labute approximate surface area is 136 Å². The molecule has 23 heavy (non-hydrogen) atoms. The van der Waals surface area contributed by atoms with E-state index in [1.165, 1.54) is 6.07 Å². The van der Waals surface area contributed by atoms with Crippen LogP contribution in [0.4, 0.5) is 5.69 Å². The van der Waals surface area contributed by atoms with Crippen molar-refractivity contribution in [1.29, 1.82) is 5.26 Å². The van der Waals surface area contributed by atoms with Crippen LogP contribution in [0.1, 0.15) is 19.4 Å². The molecule has 1 aromatic rings. The van der Waals surface area contributed by atoms with Crippen LogP contribution >= 0.6 is 0 Å². The summed E-state index contributed by atoms with van der Waals surface area (Å²) < 4.78 is 5.64. The number of aryl methyl sites for hydroxylation is 1. The van der Waals surface area contributed by atoms with Crippen LogP contribution in [0.3, 0.4) is 0 Å². The van der Waals surface area contributed by atoms with Crippen LogP contribution in [-0.2, 0) is 9.53 Å². The van der Waals surface area contributed by atoms with Crippen molar-refractivity contribution in [3.05, 3.63) is 35.5 Å². The normalized spacial score (nSPS) is 21.7. The van der Waals surface area contributed by atoms with Crippen LogP contribution in [-0.4, -0.2) is 41.2 Å². The maximum Gasteiger partial charge on any atom is 0.267 e. The van der Waals surface area contributed by atoms with Gasteiger partial charge in [-0.3, -0.25) is 4.79 Å². The fourth-order valence-electron chi connectivity index (χ4n) is 2.62. The van der Waals surface area contributed by atoms with Gasteiger partial charge in [-0.05, 0) is 44.5 Å². The minimum atomic E-state index is -0.465. The van der Waals surface area contributed by atoms with Gasteiger partial charge in [0.05, 0.1) is 12.2 Å². The van der Waals surface area contributed by atoms with Crippen molar-refractivity contribution in [2.24, 2.45) is 0 Å². The molecule has 1 aliphatic heterocycles. The van der Waals surface area contributed by atoms with Crippen molar-refractivity contribution in [3.63, 3.8) is 0 Å². The van der Waals surface area contributed by atoms with Gasteiger partial charge >= 0.3 is 0 Å². The Morgan fingerprint density at radius 2 is 2.09 bits per heavy atom. The van der Waals surface area contributed by atoms with Crippen molar-refractivity contribution in [3.8, 4) is 11.8 Å². The lowest BCUT2D eigenvalue weighted by Crippen LogP contribution is -2.43. The van der Waals surface area contributed by atoms with E-state index in [1.54, 1.807) is 25.3 Å². The highest BCUT2D eigenvalue weighted by molar-refractivity contribution is 6.06. The quantitative estimate of drug-likeness (QED) is 0.507. The summed E-state index contributed by atoms with van der Waals surface area (Å²) in [7, 11) is 0. The van der Waals surface area contributed by atoms with E-state index in [-0.39, 0.29) is 23.5 Å². The number of anilines is 1. The van der Waals surface area contributed by atoms with Gasteiger partial charge in [0.15, 0.2) is 0 Å². The molecule has 6 nitrogen and oxygen atoms in total. The number of nitrogens with zero attached hydrogens (tertiary/aromatic N) is 2. The van der Waals surface area contributed by atoms with E-state index in [9.17, 15) is 15.2 Å². The average molecular weight is 315 g/mol. The third-order valence-electron chi connectivity index (χ3n) is 3.58. The molecule has 2 atom stereocenters. The van der Waals surface area contributed by atoms with Crippen LogP contribution in [0, 0.1) is 18.3 Å². The number of hydrogen-bond acceptors (Lipinski definition) is 5. The lowest BCUT2D eigenvalue weighted by atomic mass is 10.1. The fraction of sp³-hybridized carbons (Fsp3) is 0.412. The van der Waals surface area contributed by atoms with Gasteiger partial charge in [-0.25, -0.2) is 0 Å². The molecule has 1 fully saturated rings. The number of benzene rings is 1. The summed E-state index contributed by atoms with van der Waals surface area (Å²) in [6, 6.07) is 6.60. The first-order chi connectivity index (χ1) is 10.9. The molecule has 2 rings (SSSR count). The van der Waals surface area contributed by atoms with Crippen molar-refractivity contribution < 1.29 is 14.6 Å². The van der Waals surface area contributed by atoms with Crippen LogP contribution in [0.2, 0.25) is 0 Å². The largest absolute Gasteiger partial charge is 0.508 e. The Bertz CT molecular complexity index is 654. The Morgan fingerprint density at radius 3 is 2.65 bits per heavy atom. The smallest absolute Gasteiger partial charge is 0.267 e. The Balaban J connectivity index is 2.12. The maximum atomic E-state index is 12.3. The molecule has 122 valence electrons. The number of rotatable bonds is 3. The molecule has 1 heterocycles. The minimum Gasteiger partial charge on any atom is -0.508 e. The Kier molecular flexibility index (Phi) is 5.24. The predicted octanol–water partition coefficient (Wildman–Crippen LogP) is 2.16. The predicted molar refractivity (Wildman–Crippen MR) is 86.8 cm³/mol. The average Bonchev–Trinajstić information content (AvgIpc) is 2.46. The molecule has 1 saturated heterocycles. The van der Waals surface area contributed by atoms with Gasteiger partial charge in [-0.2, -0.15) is 5.26 Å². The second-order valence-electron chi connectivity index (χ2n) is 5.82. The highest BCUT2D eigenvalue weighted by Gasteiger charge is 2.21. The van der Waals surface area contributed by atoms with Gasteiger partial charge < -0.3 is 20.1 Å². The first-order valence-corrected chi connectivity index (χ1v) is 7.51. The van der Waals surface area contributed by atoms with Gasteiger partial charge in [-0.15, -0.1) is 0 Å². The molecule has 1 aromatic carbocycles. The summed E-state index contributed by atoms with van der Waals surface area (Å²) in [5.74, 6) is -0.332. The SMILES string of the molecule is Cc1cc(O)ccc1NC(=O)/C(C#N)=C\N1CC(C)OC(C)C1. The van der Waals surface area contributed by atoms with Gasteiger partial charge in [-0.1, -0.05) is 0 Å². The van der Waals surface area contributed by atoms with Crippen molar-refractivity contribution >= 4 is 11.6 Å². The molecule has 6 heteroatoms. The molecule has 0 aliphatic carbocycles. The highest BCUT2D eigenvalue weighted by atomic mass is 16.5. The van der Waals surface area contributed by atoms with E-state index >= 15 is 0 Å². The molecule has 0 radical (unpaired) electrons. The number of hydrogen-bond donors (Lipinski definition) is 2. The zero-order valence-corrected chi connectivity index (χ0v) is 13.5. The molecule has 0 saturated carbocycles. The molecule has 0 bridgehead atoms. The number of phenolic OH excluding ortho intramolecular Hbond substituents is 1. The standard InChI is InChI=1S/C17H21N3O3/c1-11-6-15(21)4-5-16(11)19-17(22)14(7-18)10-20-8-12(2)23-13(3)9-20/h4-6,10,12-13,21H,8-9H2,1-3H3,(H,19,22)/b14-10-. The number of aromatic hydroxyl groups is 1. The first-order valence-electron chi connectivity index (χ1n) is 7.51. The molecule has 1 aliphatic rings. The van der Waals surface area contributed by atoms with Crippen LogP contribution in [0.15, 0.2) is 30.0 Å². The van der Waals surface area contributed by atoms with E-state index in [2.05, 4.69) is 5.32 Å². The van der Waals surface area contributed by atoms with Crippen molar-refractivity contribution in [2.45, 2.75) is 33.0 Å². The summed E-state index contributed by atoms with van der Waals surface area (Å²) in [5, 5.41) is 21.4. The number of carbonyl (C=O) groups is 1. The summed E-state index contributed by atoms with van der Waals surface area (Å²) in [6.45, 7) is 6.98. The summed E-state index contributed by atoms with van der Waals surface area (Å²) in [5.41, 5.74) is 1.33. The van der Waals surface area contributed by atoms with E-state index < -0.39 is 5.91 Å². The Hall–Kier alpha value is -2.52. The molecule has 2 unspecified atom stereocenters. The zero-order chi connectivity index (χ0) is 17.0. The van der Waals surface area contributed by atoms with Crippen molar-refractivity contribution in [1.82, 2.24) is 4.90 Å². The maximum absolute atomic E-state index is 12.3. The second kappa shape index (κ2) is 7.16. The number of nitriles is 1. The Morgan fingerprint density at radius 1 is 1.43 bits per heavy atom. The van der Waals surface area contributed by atoms with Crippen LogP contribution < -0.4 is 5.32 Å². The van der Waals surface area contributed by atoms with Gasteiger partial charge in [0.25, 0.3) is 5.91 Å².